The topological polar surface area (TPSA) is 35.6 Å². The van der Waals surface area contributed by atoms with Crippen molar-refractivity contribution in [2.45, 2.75) is 19.5 Å². The van der Waals surface area contributed by atoms with Crippen molar-refractivity contribution in [3.8, 4) is 0 Å². The van der Waals surface area contributed by atoms with Crippen LogP contribution >= 0.6 is 27.3 Å². The summed E-state index contributed by atoms with van der Waals surface area (Å²) in [7, 11) is 0. The molecule has 1 fully saturated rings. The zero-order valence-electron chi connectivity index (χ0n) is 13.7. The zero-order chi connectivity index (χ0) is 16.9. The number of carbonyl (C=O) groups is 1. The normalized spacial score (nSPS) is 17.6. The number of piperazine rings is 1. The van der Waals surface area contributed by atoms with E-state index in [0.717, 1.165) is 42.9 Å². The maximum atomic E-state index is 12.5. The Balaban J connectivity index is 1.48. The van der Waals surface area contributed by atoms with Gasteiger partial charge >= 0.3 is 0 Å². The monoisotopic (exact) mass is 407 g/mol. The Kier molecular flexibility index (Phi) is 6.05. The molecule has 6 heteroatoms. The van der Waals surface area contributed by atoms with Crippen molar-refractivity contribution in [2.75, 3.05) is 31.5 Å². The van der Waals surface area contributed by atoms with Gasteiger partial charge in [-0.15, -0.1) is 0 Å². The van der Waals surface area contributed by atoms with Crippen LogP contribution < -0.4 is 5.32 Å². The fourth-order valence-electron chi connectivity index (χ4n) is 2.90. The predicted molar refractivity (Wildman–Crippen MR) is 103 cm³/mol. The molecular formula is C18H22BrN3OS. The molecule has 2 aromatic rings. The minimum atomic E-state index is -0.114. The first kappa shape index (κ1) is 17.6. The number of hydrogen-bond donors (Lipinski definition) is 1. The van der Waals surface area contributed by atoms with E-state index >= 15 is 0 Å². The van der Waals surface area contributed by atoms with E-state index in [4.69, 9.17) is 0 Å². The molecule has 128 valence electrons. The Morgan fingerprint density at radius 3 is 2.54 bits per heavy atom. The van der Waals surface area contributed by atoms with E-state index in [0.29, 0.717) is 0 Å². The minimum Gasteiger partial charge on any atom is -0.325 e. The number of thiophene rings is 1. The number of rotatable bonds is 5. The summed E-state index contributed by atoms with van der Waals surface area (Å²) in [4.78, 5) is 17.2. The molecule has 1 aliphatic heterocycles. The number of amides is 1. The van der Waals surface area contributed by atoms with Gasteiger partial charge in [0.25, 0.3) is 0 Å². The van der Waals surface area contributed by atoms with E-state index in [-0.39, 0.29) is 11.9 Å². The third kappa shape index (κ3) is 4.66. The van der Waals surface area contributed by atoms with E-state index in [1.807, 2.05) is 31.2 Å². The first-order chi connectivity index (χ1) is 11.6. The van der Waals surface area contributed by atoms with Crippen LogP contribution in [0.2, 0.25) is 0 Å². The molecule has 1 atom stereocenters. The zero-order valence-corrected chi connectivity index (χ0v) is 16.1. The molecule has 0 aliphatic carbocycles. The fourth-order valence-corrected chi connectivity index (χ4v) is 3.82. The van der Waals surface area contributed by atoms with Crippen molar-refractivity contribution >= 4 is 38.9 Å². The molecule has 1 saturated heterocycles. The second-order valence-electron chi connectivity index (χ2n) is 6.12. The van der Waals surface area contributed by atoms with E-state index < -0.39 is 0 Å². The molecule has 0 unspecified atom stereocenters. The molecule has 1 aromatic carbocycles. The number of nitrogens with one attached hydrogen (secondary N) is 1. The first-order valence-electron chi connectivity index (χ1n) is 8.16. The quantitative estimate of drug-likeness (QED) is 0.821. The van der Waals surface area contributed by atoms with Gasteiger partial charge in [-0.05, 0) is 53.6 Å². The second kappa shape index (κ2) is 8.25. The van der Waals surface area contributed by atoms with Crippen LogP contribution in [-0.2, 0) is 11.3 Å². The predicted octanol–water partition coefficient (Wildman–Crippen LogP) is 3.66. The summed E-state index contributed by atoms with van der Waals surface area (Å²) in [5.41, 5.74) is 2.22. The Morgan fingerprint density at radius 1 is 1.21 bits per heavy atom. The molecule has 0 spiro atoms. The molecule has 3 rings (SSSR count). The van der Waals surface area contributed by atoms with Gasteiger partial charge in [0, 0.05) is 42.9 Å². The summed E-state index contributed by atoms with van der Waals surface area (Å²) in [6.07, 6.45) is 0. The Bertz CT molecular complexity index is 651. The Morgan fingerprint density at radius 2 is 1.92 bits per heavy atom. The Labute approximate surface area is 155 Å². The van der Waals surface area contributed by atoms with Gasteiger partial charge in [-0.3, -0.25) is 14.6 Å². The number of halogens is 1. The summed E-state index contributed by atoms with van der Waals surface area (Å²) in [6, 6.07) is 9.76. The van der Waals surface area contributed by atoms with Crippen molar-refractivity contribution in [3.05, 3.63) is 51.1 Å². The summed E-state index contributed by atoms with van der Waals surface area (Å²) >= 11 is 5.15. The van der Waals surface area contributed by atoms with Gasteiger partial charge in [0.1, 0.15) is 0 Å². The summed E-state index contributed by atoms with van der Waals surface area (Å²) in [5, 5.41) is 7.33. The fraction of sp³-hybridized carbons (Fsp3) is 0.389. The lowest BCUT2D eigenvalue weighted by molar-refractivity contribution is -0.121. The van der Waals surface area contributed by atoms with E-state index in [2.05, 4.69) is 47.9 Å². The highest BCUT2D eigenvalue weighted by molar-refractivity contribution is 9.10. The van der Waals surface area contributed by atoms with Gasteiger partial charge in [-0.1, -0.05) is 15.9 Å². The number of nitrogens with zero attached hydrogens (tertiary/aromatic N) is 2. The maximum absolute atomic E-state index is 12.5. The van der Waals surface area contributed by atoms with Gasteiger partial charge < -0.3 is 5.32 Å². The van der Waals surface area contributed by atoms with Crippen LogP contribution in [0.1, 0.15) is 12.5 Å². The van der Waals surface area contributed by atoms with Gasteiger partial charge in [0.05, 0.1) is 6.04 Å². The van der Waals surface area contributed by atoms with Crippen molar-refractivity contribution in [1.29, 1.82) is 0 Å². The molecule has 1 aliphatic rings. The van der Waals surface area contributed by atoms with Gasteiger partial charge in [0.2, 0.25) is 5.91 Å². The molecule has 2 heterocycles. The number of benzene rings is 1. The van der Waals surface area contributed by atoms with Crippen LogP contribution in [0.25, 0.3) is 0 Å². The van der Waals surface area contributed by atoms with Gasteiger partial charge in [-0.2, -0.15) is 11.3 Å². The van der Waals surface area contributed by atoms with Crippen LogP contribution in [0.4, 0.5) is 5.69 Å². The van der Waals surface area contributed by atoms with Crippen molar-refractivity contribution in [3.63, 3.8) is 0 Å². The van der Waals surface area contributed by atoms with Crippen LogP contribution in [0.5, 0.6) is 0 Å². The highest BCUT2D eigenvalue weighted by atomic mass is 79.9. The van der Waals surface area contributed by atoms with Gasteiger partial charge in [0.15, 0.2) is 0 Å². The smallest absolute Gasteiger partial charge is 0.241 e. The molecular weight excluding hydrogens is 386 g/mol. The molecule has 24 heavy (non-hydrogen) atoms. The number of anilines is 1. The third-order valence-corrected chi connectivity index (χ3v) is 5.69. The van der Waals surface area contributed by atoms with Crippen molar-refractivity contribution < 1.29 is 4.79 Å². The number of hydrogen-bond acceptors (Lipinski definition) is 4. The average molecular weight is 408 g/mol. The van der Waals surface area contributed by atoms with Crippen LogP contribution in [0.15, 0.2) is 45.6 Å². The summed E-state index contributed by atoms with van der Waals surface area (Å²) in [5.74, 6) is 0.0589. The standard InChI is InChI=1S/C18H22BrN3OS/c1-14(18(23)20-17-4-2-16(19)3-5-17)22-9-7-21(8-10-22)12-15-6-11-24-13-15/h2-6,11,13-14H,7-10,12H2,1H3,(H,20,23)/t14-/m1/s1. The summed E-state index contributed by atoms with van der Waals surface area (Å²) in [6.45, 7) is 6.87. The lowest BCUT2D eigenvalue weighted by atomic mass is 10.2. The molecule has 1 aromatic heterocycles. The second-order valence-corrected chi connectivity index (χ2v) is 7.81. The SMILES string of the molecule is C[C@H](C(=O)Nc1ccc(Br)cc1)N1CCN(Cc2ccsc2)CC1. The lowest BCUT2D eigenvalue weighted by Gasteiger charge is -2.37. The molecule has 0 radical (unpaired) electrons. The average Bonchev–Trinajstić information content (AvgIpc) is 3.10. The highest BCUT2D eigenvalue weighted by Crippen LogP contribution is 2.16. The maximum Gasteiger partial charge on any atom is 0.241 e. The summed E-state index contributed by atoms with van der Waals surface area (Å²) < 4.78 is 1.01. The van der Waals surface area contributed by atoms with E-state index in [1.165, 1.54) is 5.56 Å². The van der Waals surface area contributed by atoms with E-state index in [1.54, 1.807) is 11.3 Å². The van der Waals surface area contributed by atoms with E-state index in [9.17, 15) is 4.79 Å². The molecule has 1 N–H and O–H groups in total. The highest BCUT2D eigenvalue weighted by Gasteiger charge is 2.25. The van der Waals surface area contributed by atoms with Crippen LogP contribution in [0.3, 0.4) is 0 Å². The first-order valence-corrected chi connectivity index (χ1v) is 9.89. The Hall–Kier alpha value is -1.21. The molecule has 4 nitrogen and oxygen atoms in total. The largest absolute Gasteiger partial charge is 0.325 e. The molecule has 1 amide bonds. The number of carbonyl (C=O) groups excluding carboxylic acids is 1. The minimum absolute atomic E-state index is 0.0589. The van der Waals surface area contributed by atoms with Crippen molar-refractivity contribution in [2.24, 2.45) is 0 Å². The van der Waals surface area contributed by atoms with Crippen LogP contribution in [-0.4, -0.2) is 47.9 Å². The van der Waals surface area contributed by atoms with Gasteiger partial charge in [-0.25, -0.2) is 0 Å². The molecule has 0 saturated carbocycles. The third-order valence-electron chi connectivity index (χ3n) is 4.43. The van der Waals surface area contributed by atoms with Crippen LogP contribution in [0, 0.1) is 0 Å². The molecule has 0 bridgehead atoms. The lowest BCUT2D eigenvalue weighted by Crippen LogP contribution is -2.52. The van der Waals surface area contributed by atoms with Crippen molar-refractivity contribution in [1.82, 2.24) is 9.80 Å².